The van der Waals surface area contributed by atoms with Gasteiger partial charge in [0.15, 0.2) is 6.10 Å². The molecule has 0 unspecified atom stereocenters. The van der Waals surface area contributed by atoms with E-state index in [4.69, 9.17) is 0 Å². The molecule has 0 heterocycles. The molecule has 0 aliphatic rings. The molecule has 0 fully saturated rings. The molecule has 0 spiro atoms. The van der Waals surface area contributed by atoms with Crippen molar-refractivity contribution in [3.8, 4) is 0 Å². The maximum absolute atomic E-state index is 13.3. The summed E-state index contributed by atoms with van der Waals surface area (Å²) in [7, 11) is 0. The van der Waals surface area contributed by atoms with Crippen molar-refractivity contribution in [1.82, 2.24) is 4.90 Å². The van der Waals surface area contributed by atoms with Crippen molar-refractivity contribution in [3.63, 3.8) is 0 Å². The van der Waals surface area contributed by atoms with Gasteiger partial charge in [-0.2, -0.15) is 13.2 Å². The molecule has 0 aliphatic heterocycles. The van der Waals surface area contributed by atoms with Crippen LogP contribution in [0.3, 0.4) is 0 Å². The zero-order chi connectivity index (χ0) is 19.0. The third kappa shape index (κ3) is 6.15. The van der Waals surface area contributed by atoms with Crippen LogP contribution < -0.4 is 0 Å². The van der Waals surface area contributed by atoms with Crippen LogP contribution in [0, 0.1) is 0 Å². The summed E-state index contributed by atoms with van der Waals surface area (Å²) < 4.78 is 39.9. The van der Waals surface area contributed by atoms with E-state index in [2.05, 4.69) is 0 Å². The Morgan fingerprint density at radius 3 is 1.73 bits per heavy atom. The van der Waals surface area contributed by atoms with Crippen molar-refractivity contribution in [2.24, 2.45) is 0 Å². The fourth-order valence-electron chi connectivity index (χ4n) is 3.10. The molecule has 0 saturated heterocycles. The molecule has 1 N–H and O–H groups in total. The molecular formula is C21H26F3NO. The molecule has 0 saturated carbocycles. The number of alkyl halides is 3. The number of rotatable bonds is 9. The van der Waals surface area contributed by atoms with Gasteiger partial charge in [-0.15, -0.1) is 0 Å². The van der Waals surface area contributed by atoms with Crippen molar-refractivity contribution in [2.75, 3.05) is 0 Å². The number of nitrogens with zero attached hydrogens (tertiary/aromatic N) is 1. The second-order valence-corrected chi connectivity index (χ2v) is 6.57. The maximum Gasteiger partial charge on any atom is 0.415 e. The van der Waals surface area contributed by atoms with Gasteiger partial charge in [0.2, 0.25) is 0 Å². The number of hydrogen-bond acceptors (Lipinski definition) is 2. The predicted molar refractivity (Wildman–Crippen MR) is 97.5 cm³/mol. The summed E-state index contributed by atoms with van der Waals surface area (Å²) in [5, 5.41) is 10.0. The average Bonchev–Trinajstić information content (AvgIpc) is 2.62. The van der Waals surface area contributed by atoms with Crippen molar-refractivity contribution in [1.29, 1.82) is 0 Å². The summed E-state index contributed by atoms with van der Waals surface area (Å²) in [6.45, 7) is 2.66. The monoisotopic (exact) mass is 365 g/mol. The van der Waals surface area contributed by atoms with E-state index < -0.39 is 18.3 Å². The van der Waals surface area contributed by atoms with E-state index in [0.717, 1.165) is 17.5 Å². The lowest BCUT2D eigenvalue weighted by Crippen LogP contribution is -2.49. The van der Waals surface area contributed by atoms with Crippen LogP contribution in [0.1, 0.15) is 37.3 Å². The fraction of sp³-hybridized carbons (Fsp3) is 0.429. The molecule has 2 aromatic carbocycles. The van der Waals surface area contributed by atoms with Crippen LogP contribution in [0.2, 0.25) is 0 Å². The number of halogens is 3. The van der Waals surface area contributed by atoms with Crippen LogP contribution in [0.15, 0.2) is 60.7 Å². The van der Waals surface area contributed by atoms with Gasteiger partial charge in [0.1, 0.15) is 0 Å². The van der Waals surface area contributed by atoms with E-state index in [-0.39, 0.29) is 0 Å². The number of hydrogen-bond donors (Lipinski definition) is 1. The Morgan fingerprint density at radius 1 is 0.885 bits per heavy atom. The van der Waals surface area contributed by atoms with Gasteiger partial charge < -0.3 is 5.11 Å². The normalized spacial score (nSPS) is 14.4. The van der Waals surface area contributed by atoms with Gasteiger partial charge in [-0.25, -0.2) is 0 Å². The Morgan fingerprint density at radius 2 is 1.35 bits per heavy atom. The summed E-state index contributed by atoms with van der Waals surface area (Å²) in [4.78, 5) is 1.75. The lowest BCUT2D eigenvalue weighted by Gasteiger charge is -2.36. The fourth-order valence-corrected chi connectivity index (χ4v) is 3.10. The first-order valence-electron chi connectivity index (χ1n) is 8.98. The van der Waals surface area contributed by atoms with Crippen LogP contribution in [0.4, 0.5) is 13.2 Å². The topological polar surface area (TPSA) is 23.5 Å². The smallest absolute Gasteiger partial charge is 0.382 e. The van der Waals surface area contributed by atoms with Gasteiger partial charge in [0.25, 0.3) is 0 Å². The molecule has 5 heteroatoms. The summed E-state index contributed by atoms with van der Waals surface area (Å²) in [6, 6.07) is 17.9. The molecule has 0 radical (unpaired) electrons. The van der Waals surface area contributed by atoms with E-state index in [1.165, 1.54) is 0 Å². The molecule has 0 amide bonds. The van der Waals surface area contributed by atoms with E-state index in [0.29, 0.717) is 25.9 Å². The molecule has 0 aromatic heterocycles. The minimum Gasteiger partial charge on any atom is -0.382 e. The molecule has 142 valence electrons. The second kappa shape index (κ2) is 9.74. The Balaban J connectivity index is 2.30. The zero-order valence-corrected chi connectivity index (χ0v) is 15.0. The number of aliphatic hydroxyl groups excluding tert-OH is 1. The highest BCUT2D eigenvalue weighted by molar-refractivity contribution is 5.17. The van der Waals surface area contributed by atoms with Gasteiger partial charge in [-0.05, 0) is 17.5 Å². The largest absolute Gasteiger partial charge is 0.415 e. The maximum atomic E-state index is 13.3. The van der Waals surface area contributed by atoms with Crippen molar-refractivity contribution in [3.05, 3.63) is 71.8 Å². The lowest BCUT2D eigenvalue weighted by atomic mass is 9.99. The van der Waals surface area contributed by atoms with Crippen LogP contribution in [-0.2, 0) is 13.1 Å². The quantitative estimate of drug-likeness (QED) is 0.663. The summed E-state index contributed by atoms with van der Waals surface area (Å²) >= 11 is 0. The third-order valence-corrected chi connectivity index (χ3v) is 4.48. The van der Waals surface area contributed by atoms with Crippen molar-refractivity contribution in [2.45, 2.75) is 57.6 Å². The molecule has 26 heavy (non-hydrogen) atoms. The van der Waals surface area contributed by atoms with Gasteiger partial charge in [-0.3, -0.25) is 4.90 Å². The summed E-state index contributed by atoms with van der Waals surface area (Å²) in [5.74, 6) is 0. The van der Waals surface area contributed by atoms with Crippen molar-refractivity contribution >= 4 is 0 Å². The van der Waals surface area contributed by atoms with E-state index in [1.807, 2.05) is 67.6 Å². The number of unbranched alkanes of at least 4 members (excludes halogenated alkanes) is 1. The van der Waals surface area contributed by atoms with Crippen LogP contribution in [0.25, 0.3) is 0 Å². The standard InChI is InChI=1S/C21H26F3NO/c1-2-3-14-19(20(26)21(22,23)24)25(15-17-10-6-4-7-11-17)16-18-12-8-5-9-13-18/h4-13,19-20,26H,2-3,14-16H2,1H3/t19-,20-/m1/s1. The Labute approximate surface area is 153 Å². The van der Waals surface area contributed by atoms with Gasteiger partial charge in [0.05, 0.1) is 0 Å². The molecule has 2 atom stereocenters. The van der Waals surface area contributed by atoms with Gasteiger partial charge >= 0.3 is 6.18 Å². The highest BCUT2D eigenvalue weighted by atomic mass is 19.4. The highest BCUT2D eigenvalue weighted by Crippen LogP contribution is 2.29. The third-order valence-electron chi connectivity index (χ3n) is 4.48. The molecular weight excluding hydrogens is 339 g/mol. The lowest BCUT2D eigenvalue weighted by molar-refractivity contribution is -0.224. The first-order chi connectivity index (χ1) is 12.4. The molecule has 0 aliphatic carbocycles. The molecule has 2 aromatic rings. The molecule has 0 bridgehead atoms. The summed E-state index contributed by atoms with van der Waals surface area (Å²) in [5.41, 5.74) is 1.86. The average molecular weight is 365 g/mol. The van der Waals surface area contributed by atoms with Gasteiger partial charge in [-0.1, -0.05) is 80.4 Å². The molecule has 2 rings (SSSR count). The number of aliphatic hydroxyl groups is 1. The summed E-state index contributed by atoms with van der Waals surface area (Å²) in [6.07, 6.45) is -5.27. The SMILES string of the molecule is CCCC[C@H]([C@@H](O)C(F)(F)F)N(Cc1ccccc1)Cc1ccccc1. The van der Waals surface area contributed by atoms with Crippen LogP contribution in [0.5, 0.6) is 0 Å². The Hall–Kier alpha value is -1.85. The minimum atomic E-state index is -4.63. The van der Waals surface area contributed by atoms with E-state index in [9.17, 15) is 18.3 Å². The zero-order valence-electron chi connectivity index (χ0n) is 15.0. The first-order valence-corrected chi connectivity index (χ1v) is 8.98. The number of benzene rings is 2. The van der Waals surface area contributed by atoms with E-state index >= 15 is 0 Å². The molecule has 2 nitrogen and oxygen atoms in total. The van der Waals surface area contributed by atoms with E-state index in [1.54, 1.807) is 4.90 Å². The van der Waals surface area contributed by atoms with Crippen molar-refractivity contribution < 1.29 is 18.3 Å². The Bertz CT molecular complexity index is 589. The first kappa shape index (κ1) is 20.5. The second-order valence-electron chi connectivity index (χ2n) is 6.57. The van der Waals surface area contributed by atoms with Crippen LogP contribution in [-0.4, -0.2) is 28.3 Å². The Kier molecular flexibility index (Phi) is 7.66. The minimum absolute atomic E-state index is 0.302. The predicted octanol–water partition coefficient (Wildman–Crippen LogP) is 5.17. The van der Waals surface area contributed by atoms with Gasteiger partial charge in [0, 0.05) is 19.1 Å². The van der Waals surface area contributed by atoms with Crippen LogP contribution >= 0.6 is 0 Å². The highest BCUT2D eigenvalue weighted by Gasteiger charge is 2.45.